The van der Waals surface area contributed by atoms with Gasteiger partial charge in [-0.15, -0.1) is 11.6 Å². The van der Waals surface area contributed by atoms with Gasteiger partial charge in [-0.3, -0.25) is 4.21 Å². The summed E-state index contributed by atoms with van der Waals surface area (Å²) in [5, 5.41) is -0.308. The molecule has 0 aliphatic carbocycles. The van der Waals surface area contributed by atoms with Gasteiger partial charge in [-0.25, -0.2) is 9.37 Å². The van der Waals surface area contributed by atoms with E-state index < -0.39 is 10.8 Å². The van der Waals surface area contributed by atoms with Crippen molar-refractivity contribution in [3.8, 4) is 0 Å². The maximum absolute atomic E-state index is 13.6. The van der Waals surface area contributed by atoms with Gasteiger partial charge in [0.15, 0.2) is 0 Å². The van der Waals surface area contributed by atoms with E-state index in [-0.39, 0.29) is 17.2 Å². The van der Waals surface area contributed by atoms with Crippen molar-refractivity contribution in [1.82, 2.24) is 9.55 Å². The summed E-state index contributed by atoms with van der Waals surface area (Å²) in [4.78, 5) is 4.41. The van der Waals surface area contributed by atoms with Gasteiger partial charge in [0.1, 0.15) is 11.6 Å². The van der Waals surface area contributed by atoms with E-state index in [9.17, 15) is 8.60 Å². The number of hydrogen-bond acceptors (Lipinski definition) is 2. The molecule has 3 nitrogen and oxygen atoms in total. The van der Waals surface area contributed by atoms with Gasteiger partial charge in [-0.1, -0.05) is 0 Å². The molecule has 0 amide bonds. The molecule has 0 saturated heterocycles. The second-order valence-electron chi connectivity index (χ2n) is 4.80. The Kier molecular flexibility index (Phi) is 4.87. The molecule has 1 aromatic carbocycles. The Labute approximate surface area is 133 Å². The van der Waals surface area contributed by atoms with Crippen molar-refractivity contribution in [1.29, 1.82) is 0 Å². The van der Waals surface area contributed by atoms with Crippen molar-refractivity contribution in [3.63, 3.8) is 0 Å². The van der Waals surface area contributed by atoms with Gasteiger partial charge in [0, 0.05) is 34.9 Å². The molecule has 0 saturated carbocycles. The Morgan fingerprint density at radius 2 is 2.15 bits per heavy atom. The monoisotopic (exact) mass is 380 g/mol. The molecule has 0 N–H and O–H groups in total. The maximum Gasteiger partial charge on any atom is 0.139 e. The first-order chi connectivity index (χ1) is 9.31. The summed E-state index contributed by atoms with van der Waals surface area (Å²) in [7, 11) is -0.932. The van der Waals surface area contributed by atoms with Crippen LogP contribution in [-0.2, 0) is 10.8 Å². The molecule has 0 fully saturated rings. The normalized spacial score (nSPS) is 16.3. The van der Waals surface area contributed by atoms with Crippen LogP contribution in [0.25, 0.3) is 11.0 Å². The standard InChI is InChI=1S/C13H15BrClFN2OS/c1-7(6-20(3)19)18-12-4-9(14)10(16)5-11(12)17-13(18)8(2)15/h4-5,7-8H,6H2,1-3H3. The zero-order chi connectivity index (χ0) is 15.0. The first-order valence-corrected chi connectivity index (χ1v) is 9.08. The van der Waals surface area contributed by atoms with E-state index in [1.54, 1.807) is 12.3 Å². The Balaban J connectivity index is 2.67. The summed E-state index contributed by atoms with van der Waals surface area (Å²) in [5.74, 6) is 0.802. The second-order valence-corrected chi connectivity index (χ2v) is 7.79. The molecule has 1 aromatic heterocycles. The lowest BCUT2D eigenvalue weighted by molar-refractivity contribution is 0.582. The number of aromatic nitrogens is 2. The van der Waals surface area contributed by atoms with Crippen LogP contribution in [0.3, 0.4) is 0 Å². The Morgan fingerprint density at radius 1 is 1.50 bits per heavy atom. The summed E-state index contributed by atoms with van der Waals surface area (Å²) in [5.41, 5.74) is 1.35. The second kappa shape index (κ2) is 6.12. The molecule has 2 rings (SSSR count). The number of imidazole rings is 1. The van der Waals surface area contributed by atoms with Crippen LogP contribution in [0.15, 0.2) is 16.6 Å². The molecule has 0 aliphatic rings. The Hall–Kier alpha value is -0.460. The first kappa shape index (κ1) is 15.9. The van der Waals surface area contributed by atoms with Crippen LogP contribution in [0.1, 0.15) is 31.1 Å². The van der Waals surface area contributed by atoms with Crippen molar-refractivity contribution in [3.05, 3.63) is 28.2 Å². The lowest BCUT2D eigenvalue weighted by Gasteiger charge is -2.17. The van der Waals surface area contributed by atoms with Gasteiger partial charge in [0.2, 0.25) is 0 Å². The predicted octanol–water partition coefficient (Wildman–Crippen LogP) is 4.18. The van der Waals surface area contributed by atoms with Gasteiger partial charge in [-0.05, 0) is 35.8 Å². The molecule has 0 bridgehead atoms. The molecule has 110 valence electrons. The molecule has 0 spiro atoms. The van der Waals surface area contributed by atoms with Crippen LogP contribution in [0, 0.1) is 5.82 Å². The van der Waals surface area contributed by atoms with Crippen LogP contribution in [-0.4, -0.2) is 25.8 Å². The van der Waals surface area contributed by atoms with Crippen LogP contribution in [0.2, 0.25) is 0 Å². The molecule has 0 radical (unpaired) electrons. The molecular weight excluding hydrogens is 367 g/mol. The highest BCUT2D eigenvalue weighted by Gasteiger charge is 2.21. The fourth-order valence-corrected chi connectivity index (χ4v) is 3.58. The van der Waals surface area contributed by atoms with Gasteiger partial charge in [-0.2, -0.15) is 0 Å². The van der Waals surface area contributed by atoms with E-state index in [0.29, 0.717) is 21.6 Å². The molecule has 2 aromatic rings. The fourth-order valence-electron chi connectivity index (χ4n) is 2.27. The summed E-state index contributed by atoms with van der Waals surface area (Å²) in [6.07, 6.45) is 1.66. The van der Waals surface area contributed by atoms with Crippen LogP contribution >= 0.6 is 27.5 Å². The van der Waals surface area contributed by atoms with Crippen molar-refractivity contribution < 1.29 is 8.60 Å². The van der Waals surface area contributed by atoms with E-state index in [4.69, 9.17) is 11.6 Å². The van der Waals surface area contributed by atoms with E-state index in [1.165, 1.54) is 6.07 Å². The minimum absolute atomic E-state index is 0.0283. The lowest BCUT2D eigenvalue weighted by Crippen LogP contribution is -2.16. The average molecular weight is 382 g/mol. The number of halogens is 3. The van der Waals surface area contributed by atoms with Crippen molar-refractivity contribution in [2.24, 2.45) is 0 Å². The van der Waals surface area contributed by atoms with Crippen molar-refractivity contribution in [2.75, 3.05) is 12.0 Å². The zero-order valence-corrected chi connectivity index (χ0v) is 14.5. The highest BCUT2D eigenvalue weighted by molar-refractivity contribution is 9.10. The largest absolute Gasteiger partial charge is 0.323 e. The summed E-state index contributed by atoms with van der Waals surface area (Å²) in [6.45, 7) is 3.78. The van der Waals surface area contributed by atoms with Gasteiger partial charge in [0.25, 0.3) is 0 Å². The maximum atomic E-state index is 13.6. The van der Waals surface area contributed by atoms with E-state index >= 15 is 0 Å². The van der Waals surface area contributed by atoms with Crippen LogP contribution in [0.5, 0.6) is 0 Å². The summed E-state index contributed by atoms with van der Waals surface area (Å²) in [6, 6.07) is 3.04. The van der Waals surface area contributed by atoms with E-state index in [1.807, 2.05) is 18.4 Å². The van der Waals surface area contributed by atoms with Gasteiger partial charge >= 0.3 is 0 Å². The molecular formula is C13H15BrClFN2OS. The summed E-state index contributed by atoms with van der Waals surface area (Å²) < 4.78 is 27.4. The number of benzene rings is 1. The number of fused-ring (bicyclic) bond motifs is 1. The van der Waals surface area contributed by atoms with E-state index in [0.717, 1.165) is 5.52 Å². The fraction of sp³-hybridized carbons (Fsp3) is 0.462. The third kappa shape index (κ3) is 3.07. The average Bonchev–Trinajstić information content (AvgIpc) is 2.67. The topological polar surface area (TPSA) is 34.9 Å². The van der Waals surface area contributed by atoms with Crippen LogP contribution < -0.4 is 0 Å². The highest BCUT2D eigenvalue weighted by atomic mass is 79.9. The van der Waals surface area contributed by atoms with Crippen molar-refractivity contribution in [2.45, 2.75) is 25.3 Å². The minimum Gasteiger partial charge on any atom is -0.323 e. The van der Waals surface area contributed by atoms with Gasteiger partial charge in [0.05, 0.1) is 20.9 Å². The SMILES string of the molecule is CC(Cl)c1nc2cc(F)c(Br)cc2n1C(C)CS(C)=O. The third-order valence-corrected chi connectivity index (χ3v) is 4.79. The highest BCUT2D eigenvalue weighted by Crippen LogP contribution is 2.31. The Bertz CT molecular complexity index is 674. The molecule has 7 heteroatoms. The first-order valence-electron chi connectivity index (χ1n) is 6.12. The van der Waals surface area contributed by atoms with E-state index in [2.05, 4.69) is 20.9 Å². The molecule has 0 aliphatic heterocycles. The number of nitrogens with zero attached hydrogens (tertiary/aromatic N) is 2. The molecule has 3 unspecified atom stereocenters. The smallest absolute Gasteiger partial charge is 0.139 e. The molecule has 20 heavy (non-hydrogen) atoms. The molecule has 1 heterocycles. The third-order valence-electron chi connectivity index (χ3n) is 3.03. The number of rotatable bonds is 4. The lowest BCUT2D eigenvalue weighted by atomic mass is 10.3. The van der Waals surface area contributed by atoms with Crippen molar-refractivity contribution >= 4 is 49.4 Å². The van der Waals surface area contributed by atoms with Gasteiger partial charge < -0.3 is 4.57 Å². The minimum atomic E-state index is -0.932. The zero-order valence-electron chi connectivity index (χ0n) is 11.4. The molecule has 3 atom stereocenters. The Morgan fingerprint density at radius 3 is 2.70 bits per heavy atom. The summed E-state index contributed by atoms with van der Waals surface area (Å²) >= 11 is 9.36. The number of alkyl halides is 1. The van der Waals surface area contributed by atoms with Crippen LogP contribution in [0.4, 0.5) is 4.39 Å². The predicted molar refractivity (Wildman–Crippen MR) is 85.3 cm³/mol. The number of hydrogen-bond donors (Lipinski definition) is 0. The quantitative estimate of drug-likeness (QED) is 0.745.